The average molecular weight is 123 g/mol. The summed E-state index contributed by atoms with van der Waals surface area (Å²) in [6.07, 6.45) is 4.14. The molecule has 0 amide bonds. The van der Waals surface area contributed by atoms with E-state index in [-0.39, 0.29) is 5.78 Å². The van der Waals surface area contributed by atoms with Crippen molar-refractivity contribution in [3.05, 3.63) is 11.8 Å². The molecule has 48 valence electrons. The molecular weight excluding hydrogens is 114 g/mol. The van der Waals surface area contributed by atoms with Crippen molar-refractivity contribution < 1.29 is 4.79 Å². The highest BCUT2D eigenvalue weighted by Crippen LogP contribution is 2.24. The third kappa shape index (κ3) is 0.661. The molecule has 2 nitrogen and oxygen atoms in total. The molecule has 2 aliphatic rings. The van der Waals surface area contributed by atoms with Crippen LogP contribution in [0.5, 0.6) is 0 Å². The summed E-state index contributed by atoms with van der Waals surface area (Å²) in [7, 11) is 0. The van der Waals surface area contributed by atoms with E-state index in [2.05, 4.69) is 4.90 Å². The minimum absolute atomic E-state index is 0.282. The van der Waals surface area contributed by atoms with E-state index in [1.165, 1.54) is 12.1 Å². The fourth-order valence-electron chi connectivity index (χ4n) is 1.52. The fourth-order valence-corrected chi connectivity index (χ4v) is 1.52. The van der Waals surface area contributed by atoms with E-state index >= 15 is 0 Å². The van der Waals surface area contributed by atoms with Gasteiger partial charge in [-0.1, -0.05) is 0 Å². The standard InChI is InChI=1S/C7H9NO/c9-7-4-6-2-1-3-8(6)5-7/h4H,1-3,5H2. The highest BCUT2D eigenvalue weighted by Gasteiger charge is 2.24. The summed E-state index contributed by atoms with van der Waals surface area (Å²) < 4.78 is 0. The van der Waals surface area contributed by atoms with Gasteiger partial charge in [0.2, 0.25) is 0 Å². The molecule has 1 fully saturated rings. The van der Waals surface area contributed by atoms with Crippen molar-refractivity contribution in [1.82, 2.24) is 4.90 Å². The molecule has 0 aromatic heterocycles. The van der Waals surface area contributed by atoms with Crippen LogP contribution in [-0.4, -0.2) is 23.8 Å². The first-order chi connectivity index (χ1) is 4.36. The fraction of sp³-hybridized carbons (Fsp3) is 0.571. The van der Waals surface area contributed by atoms with E-state index in [9.17, 15) is 4.79 Å². The van der Waals surface area contributed by atoms with Crippen molar-refractivity contribution in [3.8, 4) is 0 Å². The van der Waals surface area contributed by atoms with Crippen molar-refractivity contribution in [2.75, 3.05) is 13.1 Å². The molecular formula is C7H9NO. The van der Waals surface area contributed by atoms with Crippen LogP contribution in [0, 0.1) is 0 Å². The number of ketones is 1. The predicted molar refractivity (Wildman–Crippen MR) is 33.9 cm³/mol. The Balaban J connectivity index is 2.27. The van der Waals surface area contributed by atoms with Gasteiger partial charge in [0.15, 0.2) is 5.78 Å². The Kier molecular flexibility index (Phi) is 0.891. The van der Waals surface area contributed by atoms with Gasteiger partial charge in [0.05, 0.1) is 6.54 Å². The van der Waals surface area contributed by atoms with E-state index in [1.807, 2.05) is 0 Å². The third-order valence-corrected chi connectivity index (χ3v) is 1.94. The Morgan fingerprint density at radius 3 is 3.22 bits per heavy atom. The molecule has 0 aromatic rings. The van der Waals surface area contributed by atoms with Gasteiger partial charge in [-0.25, -0.2) is 0 Å². The Bertz CT molecular complexity index is 183. The minimum Gasteiger partial charge on any atom is -0.367 e. The molecule has 2 aliphatic heterocycles. The van der Waals surface area contributed by atoms with Crippen LogP contribution < -0.4 is 0 Å². The second-order valence-corrected chi connectivity index (χ2v) is 2.63. The average Bonchev–Trinajstić information content (AvgIpc) is 2.22. The molecule has 0 unspecified atom stereocenters. The second kappa shape index (κ2) is 1.59. The molecule has 1 saturated heterocycles. The van der Waals surface area contributed by atoms with Gasteiger partial charge in [0, 0.05) is 18.3 Å². The van der Waals surface area contributed by atoms with Crippen molar-refractivity contribution >= 4 is 5.78 Å². The molecule has 0 spiro atoms. The summed E-state index contributed by atoms with van der Waals surface area (Å²) >= 11 is 0. The maximum absolute atomic E-state index is 10.7. The largest absolute Gasteiger partial charge is 0.367 e. The van der Waals surface area contributed by atoms with Crippen LogP contribution >= 0.6 is 0 Å². The first-order valence-electron chi connectivity index (χ1n) is 3.34. The molecule has 0 atom stereocenters. The summed E-state index contributed by atoms with van der Waals surface area (Å²) in [5.74, 6) is 0.282. The predicted octanol–water partition coefficient (Wildman–Crippen LogP) is 0.549. The number of allylic oxidation sites excluding steroid dienone is 1. The number of hydrogen-bond donors (Lipinski definition) is 0. The lowest BCUT2D eigenvalue weighted by Gasteiger charge is -2.09. The van der Waals surface area contributed by atoms with Gasteiger partial charge in [-0.3, -0.25) is 4.79 Å². The molecule has 9 heavy (non-hydrogen) atoms. The van der Waals surface area contributed by atoms with Crippen molar-refractivity contribution in [2.45, 2.75) is 12.8 Å². The summed E-state index contributed by atoms with van der Waals surface area (Å²) in [6, 6.07) is 0. The van der Waals surface area contributed by atoms with E-state index in [0.29, 0.717) is 6.54 Å². The smallest absolute Gasteiger partial charge is 0.176 e. The molecule has 0 N–H and O–H groups in total. The minimum atomic E-state index is 0.282. The number of rotatable bonds is 0. The summed E-state index contributed by atoms with van der Waals surface area (Å²) in [6.45, 7) is 1.74. The molecule has 0 saturated carbocycles. The van der Waals surface area contributed by atoms with Gasteiger partial charge < -0.3 is 4.90 Å². The van der Waals surface area contributed by atoms with E-state index < -0.39 is 0 Å². The van der Waals surface area contributed by atoms with Crippen molar-refractivity contribution in [3.63, 3.8) is 0 Å². The van der Waals surface area contributed by atoms with Crippen molar-refractivity contribution in [1.29, 1.82) is 0 Å². The topological polar surface area (TPSA) is 20.3 Å². The normalized spacial score (nSPS) is 24.7. The number of fused-ring (bicyclic) bond motifs is 1. The number of carbonyl (C=O) groups excluding carboxylic acids is 1. The highest BCUT2D eigenvalue weighted by atomic mass is 16.1. The van der Waals surface area contributed by atoms with Crippen LogP contribution in [0.2, 0.25) is 0 Å². The zero-order valence-electron chi connectivity index (χ0n) is 5.26. The SMILES string of the molecule is O=C1C=C2CCCN2C1. The first kappa shape index (κ1) is 5.03. The Morgan fingerprint density at radius 1 is 1.56 bits per heavy atom. The van der Waals surface area contributed by atoms with E-state index in [4.69, 9.17) is 0 Å². The van der Waals surface area contributed by atoms with Crippen LogP contribution in [0.3, 0.4) is 0 Å². The summed E-state index contributed by atoms with van der Waals surface area (Å²) in [5.41, 5.74) is 1.26. The molecule has 0 bridgehead atoms. The maximum atomic E-state index is 10.7. The van der Waals surface area contributed by atoms with Gasteiger partial charge in [0.1, 0.15) is 0 Å². The maximum Gasteiger partial charge on any atom is 0.176 e. The lowest BCUT2D eigenvalue weighted by Crippen LogP contribution is -2.17. The van der Waals surface area contributed by atoms with Gasteiger partial charge in [-0.15, -0.1) is 0 Å². The van der Waals surface area contributed by atoms with Crippen LogP contribution in [0.15, 0.2) is 11.8 Å². The zero-order valence-corrected chi connectivity index (χ0v) is 5.26. The molecule has 0 aromatic carbocycles. The second-order valence-electron chi connectivity index (χ2n) is 2.63. The van der Waals surface area contributed by atoms with Crippen LogP contribution in [0.4, 0.5) is 0 Å². The van der Waals surface area contributed by atoms with Gasteiger partial charge in [-0.05, 0) is 12.8 Å². The third-order valence-electron chi connectivity index (χ3n) is 1.94. The summed E-state index contributed by atoms with van der Waals surface area (Å²) in [5, 5.41) is 0. The molecule has 0 radical (unpaired) electrons. The quantitative estimate of drug-likeness (QED) is 0.469. The lowest BCUT2D eigenvalue weighted by molar-refractivity contribution is -0.114. The van der Waals surface area contributed by atoms with Gasteiger partial charge in [0.25, 0.3) is 0 Å². The highest BCUT2D eigenvalue weighted by molar-refractivity contribution is 5.94. The monoisotopic (exact) mass is 123 g/mol. The van der Waals surface area contributed by atoms with E-state index in [0.717, 1.165) is 13.0 Å². The zero-order chi connectivity index (χ0) is 6.27. The number of nitrogens with zero attached hydrogens (tertiary/aromatic N) is 1. The lowest BCUT2D eigenvalue weighted by atomic mass is 10.3. The van der Waals surface area contributed by atoms with Crippen molar-refractivity contribution in [2.24, 2.45) is 0 Å². The van der Waals surface area contributed by atoms with Crippen LogP contribution in [0.1, 0.15) is 12.8 Å². The Labute approximate surface area is 54.1 Å². The van der Waals surface area contributed by atoms with Gasteiger partial charge >= 0.3 is 0 Å². The molecule has 2 heteroatoms. The van der Waals surface area contributed by atoms with E-state index in [1.54, 1.807) is 6.08 Å². The Morgan fingerprint density at radius 2 is 2.44 bits per heavy atom. The van der Waals surface area contributed by atoms with Crippen LogP contribution in [-0.2, 0) is 4.79 Å². The number of carbonyl (C=O) groups is 1. The van der Waals surface area contributed by atoms with Gasteiger partial charge in [-0.2, -0.15) is 0 Å². The molecule has 2 rings (SSSR count). The first-order valence-corrected chi connectivity index (χ1v) is 3.34. The Hall–Kier alpha value is -0.790. The number of hydrogen-bond acceptors (Lipinski definition) is 2. The molecule has 0 aliphatic carbocycles. The molecule has 2 heterocycles. The summed E-state index contributed by atoms with van der Waals surface area (Å²) in [4.78, 5) is 12.9. The van der Waals surface area contributed by atoms with Crippen LogP contribution in [0.25, 0.3) is 0 Å².